The first-order valence-electron chi connectivity index (χ1n) is 31.4. The van der Waals surface area contributed by atoms with Gasteiger partial charge in [-0.25, -0.2) is 14.4 Å². The Labute approximate surface area is 498 Å². The molecule has 474 valence electrons. The molecule has 0 amide bonds. The summed E-state index contributed by atoms with van der Waals surface area (Å²) in [6.07, 6.45) is 8.93. The zero-order valence-corrected chi connectivity index (χ0v) is 52.8. The Balaban J connectivity index is 0.000000181. The standard InChI is InChI=1S/3C22H35NO5/c1-6-20(4)17(23)19(28-15(26)11-24)21(5)12(2)7-9-22(13(3)18(20)27)10-8-14(25)16(21)22;2*1-6-20(4)10-16(28-17(26)11-24)21(5)12(2)14(23)9-22(13(3)19(20)27)8-7-15(25)18(21)22/h6,12-13,16-19,24,27H,1,7-11,23H2,2-5H3;2*6,12-14,16,18-19,24,27H,1,7-11,23H2,2-5H3/p+3/t12-,13+,16+,17-,18+,19-,20+,21-,22+;12-,13+,14-,16-,18+,19+,20+,21+,22-;12-,13+,14-,16-,18+,19+,20-,21+,22-/m111/s1. The summed E-state index contributed by atoms with van der Waals surface area (Å²) in [6.45, 7) is 34.2. The first-order chi connectivity index (χ1) is 38.9. The van der Waals surface area contributed by atoms with Crippen LogP contribution in [-0.4, -0.2) is 140 Å². The molecule has 15 N–H and O–H groups in total. The molecular weight excluding hydrogens is 1070 g/mol. The van der Waals surface area contributed by atoms with Gasteiger partial charge in [-0.15, -0.1) is 19.7 Å². The van der Waals surface area contributed by atoms with Crippen molar-refractivity contribution < 1.29 is 90.8 Å². The summed E-state index contributed by atoms with van der Waals surface area (Å²) in [5, 5.41) is 62.2. The van der Waals surface area contributed by atoms with E-state index >= 15 is 0 Å². The van der Waals surface area contributed by atoms with Crippen LogP contribution in [0.4, 0.5) is 0 Å². The van der Waals surface area contributed by atoms with Crippen molar-refractivity contribution in [2.24, 2.45) is 102 Å². The van der Waals surface area contributed by atoms with E-state index in [9.17, 15) is 59.4 Å². The third kappa shape index (κ3) is 9.90. The molecule has 9 aliphatic rings. The van der Waals surface area contributed by atoms with Crippen molar-refractivity contribution in [2.45, 2.75) is 215 Å². The van der Waals surface area contributed by atoms with Gasteiger partial charge in [-0.3, -0.25) is 14.4 Å². The number of hydrogen-bond acceptors (Lipinski definition) is 15. The summed E-state index contributed by atoms with van der Waals surface area (Å²) < 4.78 is 17.4. The van der Waals surface area contributed by atoms with Crippen LogP contribution in [-0.2, 0) is 43.0 Å². The van der Waals surface area contributed by atoms with Gasteiger partial charge >= 0.3 is 17.9 Å². The van der Waals surface area contributed by atoms with E-state index in [4.69, 9.17) is 14.2 Å². The Morgan fingerprint density at radius 1 is 0.500 bits per heavy atom. The minimum absolute atomic E-state index is 0.0562. The monoisotopic (exact) mass is 1180 g/mol. The van der Waals surface area contributed by atoms with E-state index in [1.807, 2.05) is 20.8 Å². The van der Waals surface area contributed by atoms with Crippen molar-refractivity contribution in [1.29, 1.82) is 0 Å². The molecule has 0 spiro atoms. The lowest BCUT2D eigenvalue weighted by molar-refractivity contribution is -0.479. The summed E-state index contributed by atoms with van der Waals surface area (Å²) in [7, 11) is 0. The fourth-order valence-electron chi connectivity index (χ4n) is 20.8. The molecule has 9 saturated carbocycles. The van der Waals surface area contributed by atoms with Crippen LogP contribution in [0, 0.1) is 102 Å². The highest BCUT2D eigenvalue weighted by molar-refractivity contribution is 5.87. The molecule has 0 unspecified atom stereocenters. The molecule has 0 aliphatic heterocycles. The highest BCUT2D eigenvalue weighted by Gasteiger charge is 2.74. The Morgan fingerprint density at radius 3 is 1.20 bits per heavy atom. The second-order valence-corrected chi connectivity index (χ2v) is 30.0. The van der Waals surface area contributed by atoms with Gasteiger partial charge in [0.15, 0.2) is 6.10 Å². The zero-order valence-electron chi connectivity index (χ0n) is 52.8. The number of carbonyl (C=O) groups excluding carboxylic acids is 6. The van der Waals surface area contributed by atoms with Crippen molar-refractivity contribution in [3.63, 3.8) is 0 Å². The third-order valence-corrected chi connectivity index (χ3v) is 26.9. The number of carbonyl (C=O) groups is 6. The highest BCUT2D eigenvalue weighted by Crippen LogP contribution is 2.71. The Kier molecular flexibility index (Phi) is 19.1. The summed E-state index contributed by atoms with van der Waals surface area (Å²) in [5.74, 6) is -2.42. The quantitative estimate of drug-likeness (QED) is 0.0909. The van der Waals surface area contributed by atoms with E-state index in [0.717, 1.165) is 44.9 Å². The van der Waals surface area contributed by atoms with Crippen molar-refractivity contribution in [3.05, 3.63) is 38.0 Å². The van der Waals surface area contributed by atoms with E-state index < -0.39 is 113 Å². The van der Waals surface area contributed by atoms with Crippen LogP contribution < -0.4 is 17.2 Å². The topological polar surface area (TPSA) is 334 Å². The van der Waals surface area contributed by atoms with Gasteiger partial charge in [0.2, 0.25) is 0 Å². The van der Waals surface area contributed by atoms with Gasteiger partial charge in [-0.05, 0) is 91.8 Å². The average Bonchev–Trinajstić information content (AvgIpc) is 1.39. The van der Waals surface area contributed by atoms with Crippen LogP contribution in [0.15, 0.2) is 38.0 Å². The van der Waals surface area contributed by atoms with E-state index in [0.29, 0.717) is 32.1 Å². The normalized spacial score (nSPS) is 51.0. The van der Waals surface area contributed by atoms with Gasteiger partial charge in [-0.2, -0.15) is 0 Å². The lowest BCUT2D eigenvalue weighted by atomic mass is 9.43. The molecule has 6 bridgehead atoms. The molecule has 0 aromatic rings. The SMILES string of the molecule is C=C[C@@]1(C)C[C@@H](OC(=O)CO)[C@]2(C)[C@H](C)[C@H]([NH3+])C[C@]3(CCC(=O)[C@H]32)[C@@H](C)[C@@H]1O.C=C[C@@]1(C)[C@H]([NH3+])[C@@H](OC(=O)CO)[C@]2(C)[C@H](C)CC[C@]3(CCC(=O)[C@H]32)[C@@H](C)[C@@H]1O.C=C[C@]1(C)C[C@@H](OC(=O)CO)[C@]2(C)[C@H](C)[C@H]([NH3+])C[C@]3(CCC(=O)[C@H]32)[C@@H](C)[C@@H]1O. The maximum atomic E-state index is 13.2. The largest absolute Gasteiger partial charge is 0.460 e. The van der Waals surface area contributed by atoms with Crippen molar-refractivity contribution in [2.75, 3.05) is 19.8 Å². The number of quaternary nitrogens is 3. The van der Waals surface area contributed by atoms with Crippen LogP contribution >= 0.6 is 0 Å². The molecule has 0 heterocycles. The molecule has 9 rings (SSSR count). The van der Waals surface area contributed by atoms with Gasteiger partial charge < -0.3 is 62.1 Å². The Bertz CT molecular complexity index is 2450. The first-order valence-corrected chi connectivity index (χ1v) is 31.4. The van der Waals surface area contributed by atoms with Gasteiger partial charge in [-0.1, -0.05) is 94.4 Å². The summed E-state index contributed by atoms with van der Waals surface area (Å²) in [4.78, 5) is 76.1. The molecule has 9 fully saturated rings. The average molecular weight is 1180 g/mol. The van der Waals surface area contributed by atoms with Crippen molar-refractivity contribution in [3.8, 4) is 0 Å². The molecule has 0 radical (unpaired) electrons. The number of aliphatic hydroxyl groups is 6. The van der Waals surface area contributed by atoms with Crippen LogP contribution in [0.3, 0.4) is 0 Å². The number of rotatable bonds is 9. The van der Waals surface area contributed by atoms with Crippen LogP contribution in [0.25, 0.3) is 0 Å². The van der Waals surface area contributed by atoms with Crippen LogP contribution in [0.1, 0.15) is 160 Å². The summed E-state index contributed by atoms with van der Waals surface area (Å²) >= 11 is 0. The second-order valence-electron chi connectivity index (χ2n) is 30.0. The molecule has 0 aromatic heterocycles. The smallest absolute Gasteiger partial charge is 0.332 e. The molecule has 0 aromatic carbocycles. The van der Waals surface area contributed by atoms with E-state index in [-0.39, 0.29) is 98.9 Å². The number of esters is 3. The van der Waals surface area contributed by atoms with Gasteiger partial charge in [0.05, 0.1) is 35.8 Å². The molecular formula is C66H108N3O15+3. The highest BCUT2D eigenvalue weighted by atomic mass is 16.6. The maximum absolute atomic E-state index is 13.2. The number of ether oxygens (including phenoxy) is 3. The predicted molar refractivity (Wildman–Crippen MR) is 311 cm³/mol. The Hall–Kier alpha value is -3.72. The van der Waals surface area contributed by atoms with E-state index in [2.05, 4.69) is 99.3 Å². The van der Waals surface area contributed by atoms with Crippen molar-refractivity contribution in [1.82, 2.24) is 0 Å². The second kappa shape index (κ2) is 23.7. The lowest BCUT2D eigenvalue weighted by Gasteiger charge is -2.62. The van der Waals surface area contributed by atoms with E-state index in [1.54, 1.807) is 18.2 Å². The van der Waals surface area contributed by atoms with Gasteiger partial charge in [0.1, 0.15) is 55.4 Å². The molecule has 27 atom stereocenters. The van der Waals surface area contributed by atoms with Gasteiger partial charge in [0.25, 0.3) is 0 Å². The number of ketones is 3. The fourth-order valence-corrected chi connectivity index (χ4v) is 20.8. The van der Waals surface area contributed by atoms with Crippen molar-refractivity contribution >= 4 is 35.3 Å². The first kappa shape index (κ1) is 67.8. The molecule has 9 aliphatic carbocycles. The lowest BCUT2D eigenvalue weighted by Crippen LogP contribution is -2.81. The maximum Gasteiger partial charge on any atom is 0.332 e. The minimum Gasteiger partial charge on any atom is -0.460 e. The fraction of sp³-hybridized carbons (Fsp3) is 0.818. The molecule has 18 nitrogen and oxygen atoms in total. The van der Waals surface area contributed by atoms with Crippen LogP contribution in [0.5, 0.6) is 0 Å². The predicted octanol–water partition coefficient (Wildman–Crippen LogP) is 3.32. The summed E-state index contributed by atoms with van der Waals surface area (Å²) in [6, 6.07) is -0.328. The molecule has 18 heteroatoms. The van der Waals surface area contributed by atoms with E-state index in [1.165, 1.54) is 0 Å². The third-order valence-electron chi connectivity index (χ3n) is 26.9. The number of hydrogen-bond donors (Lipinski definition) is 9. The number of aliphatic hydroxyl groups excluding tert-OH is 6. The van der Waals surface area contributed by atoms with Gasteiger partial charge in [0, 0.05) is 88.8 Å². The zero-order chi connectivity index (χ0) is 63.2. The minimum atomic E-state index is -0.790. The Morgan fingerprint density at radius 2 is 0.845 bits per heavy atom. The molecule has 0 saturated heterocycles. The van der Waals surface area contributed by atoms with Crippen LogP contribution in [0.2, 0.25) is 0 Å². The molecule has 84 heavy (non-hydrogen) atoms. The number of Topliss-reactive ketones (excluding diaryl/α,β-unsaturated/α-hetero) is 3. The summed E-state index contributed by atoms with van der Waals surface area (Å²) in [5.41, 5.74) is 8.16.